The van der Waals surface area contributed by atoms with Crippen LogP contribution >= 0.6 is 0 Å². The summed E-state index contributed by atoms with van der Waals surface area (Å²) in [6.07, 6.45) is 6.94. The second-order valence-electron chi connectivity index (χ2n) is 11.3. The number of aryl methyl sites for hydroxylation is 2. The lowest BCUT2D eigenvalue weighted by atomic mass is 9.85. The van der Waals surface area contributed by atoms with E-state index in [1.54, 1.807) is 6.92 Å². The van der Waals surface area contributed by atoms with E-state index in [1.165, 1.54) is 6.33 Å². The van der Waals surface area contributed by atoms with Crippen molar-refractivity contribution in [3.05, 3.63) is 104 Å². The maximum atomic E-state index is 14.3. The van der Waals surface area contributed by atoms with E-state index in [0.29, 0.717) is 29.8 Å². The Morgan fingerprint density at radius 1 is 0.977 bits per heavy atom. The smallest absolute Gasteiger partial charge is 0.425 e. The Bertz CT molecular complexity index is 2040. The summed E-state index contributed by atoms with van der Waals surface area (Å²) in [6.45, 7) is 3.91. The van der Waals surface area contributed by atoms with E-state index in [9.17, 15) is 9.59 Å². The number of benzene rings is 2. The zero-order valence-corrected chi connectivity index (χ0v) is 24.6. The quantitative estimate of drug-likeness (QED) is 0.256. The summed E-state index contributed by atoms with van der Waals surface area (Å²) in [5.41, 5.74) is 5.29. The van der Waals surface area contributed by atoms with Crippen LogP contribution in [0.15, 0.2) is 73.4 Å². The van der Waals surface area contributed by atoms with Crippen LogP contribution < -0.4 is 11.3 Å². The Labute approximate surface area is 251 Å². The number of fused-ring (bicyclic) bond motifs is 1. The van der Waals surface area contributed by atoms with E-state index in [0.717, 1.165) is 72.0 Å². The molecule has 0 aliphatic heterocycles. The van der Waals surface area contributed by atoms with E-state index in [1.807, 2.05) is 57.6 Å². The molecule has 6 aromatic rings. The van der Waals surface area contributed by atoms with Crippen molar-refractivity contribution in [1.29, 1.82) is 0 Å². The van der Waals surface area contributed by atoms with E-state index < -0.39 is 5.76 Å². The molecule has 12 nitrogen and oxygen atoms in total. The largest absolute Gasteiger partial charge is 0.439 e. The van der Waals surface area contributed by atoms with Crippen molar-refractivity contribution in [3.8, 4) is 22.5 Å². The standard InChI is InChI=1S/C32H32N8O4/c1-3-6-27-26(17-20-9-11-21(12-10-20)24-7-4-5-8-25(24)28-35-32(42)44-38-28)30(41)39(31-33-18-34-40(27)31)23-15-13-22(14-16-23)29-37-36-19(2)43-29/h4-5,7-12,18,22-23H,3,6,13-17H2,1-2H3,(H,35,38,42)/t22-,23-. The second-order valence-corrected chi connectivity index (χ2v) is 11.3. The molecule has 1 aliphatic rings. The lowest BCUT2D eigenvalue weighted by Gasteiger charge is -2.29. The van der Waals surface area contributed by atoms with Gasteiger partial charge in [-0.05, 0) is 48.8 Å². The summed E-state index contributed by atoms with van der Waals surface area (Å²) < 4.78 is 14.1. The van der Waals surface area contributed by atoms with Gasteiger partial charge in [-0.2, -0.15) is 10.1 Å². The van der Waals surface area contributed by atoms with Crippen LogP contribution in [0.3, 0.4) is 0 Å². The van der Waals surface area contributed by atoms with Crippen molar-refractivity contribution in [1.82, 2.24) is 39.5 Å². The zero-order valence-electron chi connectivity index (χ0n) is 24.6. The van der Waals surface area contributed by atoms with E-state index >= 15 is 0 Å². The summed E-state index contributed by atoms with van der Waals surface area (Å²) in [5.74, 6) is 1.82. The fraction of sp³-hybridized carbons (Fsp3) is 0.344. The van der Waals surface area contributed by atoms with Gasteiger partial charge in [-0.3, -0.25) is 18.9 Å². The maximum absolute atomic E-state index is 14.3. The van der Waals surface area contributed by atoms with E-state index in [4.69, 9.17) is 8.94 Å². The number of H-pyrrole nitrogens is 1. The van der Waals surface area contributed by atoms with Gasteiger partial charge in [0.1, 0.15) is 6.33 Å². The van der Waals surface area contributed by atoms with Crippen LogP contribution in [0.1, 0.15) is 79.6 Å². The van der Waals surface area contributed by atoms with Gasteiger partial charge in [0.05, 0.1) is 5.69 Å². The minimum absolute atomic E-state index is 0.00422. The molecule has 0 amide bonds. The molecule has 224 valence electrons. The lowest BCUT2D eigenvalue weighted by molar-refractivity contribution is 0.287. The van der Waals surface area contributed by atoms with Crippen LogP contribution in [0.2, 0.25) is 0 Å². The Morgan fingerprint density at radius 2 is 1.75 bits per heavy atom. The highest BCUT2D eigenvalue weighted by atomic mass is 16.5. The molecule has 0 radical (unpaired) electrons. The normalized spacial score (nSPS) is 17.0. The maximum Gasteiger partial charge on any atom is 0.439 e. The fourth-order valence-corrected chi connectivity index (χ4v) is 6.43. The van der Waals surface area contributed by atoms with E-state index in [2.05, 4.69) is 37.3 Å². The number of aromatic nitrogens is 8. The first-order valence-electron chi connectivity index (χ1n) is 15.0. The molecule has 0 unspecified atom stereocenters. The molecule has 1 N–H and O–H groups in total. The highest BCUT2D eigenvalue weighted by Crippen LogP contribution is 2.38. The molecule has 1 aliphatic carbocycles. The van der Waals surface area contributed by atoms with Crippen LogP contribution in [-0.2, 0) is 12.8 Å². The summed E-state index contributed by atoms with van der Waals surface area (Å²) in [6, 6.07) is 15.8. The SMILES string of the molecule is CCCc1c(Cc2ccc(-c3ccccc3-c3noc(=O)[nH]3)cc2)c(=O)n([C@H]2CC[C@H](c3nnc(C)o3)CC2)c2ncnn12. The monoisotopic (exact) mass is 592 g/mol. The van der Waals surface area contributed by atoms with Gasteiger partial charge in [0.15, 0.2) is 5.82 Å². The van der Waals surface area contributed by atoms with Gasteiger partial charge >= 0.3 is 5.76 Å². The molecule has 0 atom stereocenters. The summed E-state index contributed by atoms with van der Waals surface area (Å²) in [7, 11) is 0. The number of nitrogens with zero attached hydrogens (tertiary/aromatic N) is 7. The fourth-order valence-electron chi connectivity index (χ4n) is 6.43. The predicted molar refractivity (Wildman–Crippen MR) is 161 cm³/mol. The molecule has 2 aromatic carbocycles. The van der Waals surface area contributed by atoms with Gasteiger partial charge in [0.2, 0.25) is 17.6 Å². The van der Waals surface area contributed by atoms with Gasteiger partial charge in [-0.15, -0.1) is 10.2 Å². The second kappa shape index (κ2) is 11.5. The average molecular weight is 593 g/mol. The third-order valence-electron chi connectivity index (χ3n) is 8.53. The van der Waals surface area contributed by atoms with Gasteiger partial charge in [-0.1, -0.05) is 67.0 Å². The number of rotatable bonds is 8. The molecule has 44 heavy (non-hydrogen) atoms. The van der Waals surface area contributed by atoms with Crippen LogP contribution in [0, 0.1) is 6.92 Å². The average Bonchev–Trinajstić information content (AvgIpc) is 3.81. The number of aromatic amines is 1. The van der Waals surface area contributed by atoms with Crippen molar-refractivity contribution in [2.75, 3.05) is 0 Å². The molecule has 0 bridgehead atoms. The Morgan fingerprint density at radius 3 is 2.43 bits per heavy atom. The Hall–Kier alpha value is -5.13. The third-order valence-corrected chi connectivity index (χ3v) is 8.53. The van der Waals surface area contributed by atoms with Crippen molar-refractivity contribution in [3.63, 3.8) is 0 Å². The number of hydrogen-bond acceptors (Lipinski definition) is 9. The van der Waals surface area contributed by atoms with Crippen LogP contribution in [-0.4, -0.2) is 39.5 Å². The lowest BCUT2D eigenvalue weighted by Crippen LogP contribution is -2.34. The van der Waals surface area contributed by atoms with Gasteiger partial charge in [0.25, 0.3) is 5.56 Å². The van der Waals surface area contributed by atoms with Crippen LogP contribution in [0.25, 0.3) is 28.3 Å². The summed E-state index contributed by atoms with van der Waals surface area (Å²) >= 11 is 0. The molecule has 12 heteroatoms. The Balaban J connectivity index is 1.21. The first-order chi connectivity index (χ1) is 21.5. The van der Waals surface area contributed by atoms with Crippen molar-refractivity contribution in [2.24, 2.45) is 0 Å². The van der Waals surface area contributed by atoms with Crippen LogP contribution in [0.5, 0.6) is 0 Å². The number of nitrogens with one attached hydrogen (secondary N) is 1. The third kappa shape index (κ3) is 5.06. The van der Waals surface area contributed by atoms with Gasteiger partial charge < -0.3 is 4.42 Å². The summed E-state index contributed by atoms with van der Waals surface area (Å²) in [4.78, 5) is 33.1. The zero-order chi connectivity index (χ0) is 30.2. The molecular formula is C32H32N8O4. The van der Waals surface area contributed by atoms with Crippen molar-refractivity contribution >= 4 is 5.78 Å². The predicted octanol–water partition coefficient (Wildman–Crippen LogP) is 5.03. The molecule has 1 saturated carbocycles. The molecule has 7 rings (SSSR count). The minimum Gasteiger partial charge on any atom is -0.425 e. The first kappa shape index (κ1) is 27.7. The van der Waals surface area contributed by atoms with E-state index in [-0.39, 0.29) is 17.5 Å². The highest BCUT2D eigenvalue weighted by molar-refractivity contribution is 5.80. The Kier molecular flexibility index (Phi) is 7.24. The van der Waals surface area contributed by atoms with Gasteiger partial charge in [0, 0.05) is 36.4 Å². The minimum atomic E-state index is -0.599. The molecule has 4 aromatic heterocycles. The van der Waals surface area contributed by atoms with Crippen molar-refractivity contribution in [2.45, 2.75) is 70.8 Å². The highest BCUT2D eigenvalue weighted by Gasteiger charge is 2.30. The first-order valence-corrected chi connectivity index (χ1v) is 15.0. The molecular weight excluding hydrogens is 560 g/mol. The van der Waals surface area contributed by atoms with Crippen molar-refractivity contribution < 1.29 is 8.94 Å². The topological polar surface area (TPSA) is 150 Å². The van der Waals surface area contributed by atoms with Gasteiger partial charge in [-0.25, -0.2) is 9.31 Å². The molecule has 0 saturated heterocycles. The molecule has 0 spiro atoms. The summed E-state index contributed by atoms with van der Waals surface area (Å²) in [5, 5.41) is 16.7. The number of hydrogen-bond donors (Lipinski definition) is 1. The molecule has 1 fully saturated rings. The molecule has 4 heterocycles. The van der Waals surface area contributed by atoms with Crippen LogP contribution in [0.4, 0.5) is 0 Å².